The van der Waals surface area contributed by atoms with Gasteiger partial charge in [0.2, 0.25) is 0 Å². The number of piperazine rings is 1. The Hall–Kier alpha value is -4.12. The van der Waals surface area contributed by atoms with Crippen LogP contribution in [0.1, 0.15) is 63.5 Å². The van der Waals surface area contributed by atoms with Crippen LogP contribution in [-0.2, 0) is 22.7 Å². The molecule has 2 aliphatic rings. The Morgan fingerprint density at radius 2 is 1.85 bits per heavy atom. The molecule has 1 radical (unpaired) electrons. The molecular weight excluding hydrogens is 577 g/mol. The molecule has 1 fully saturated rings. The van der Waals surface area contributed by atoms with Crippen LogP contribution in [0.2, 0.25) is 0 Å². The number of ether oxygens (including phenoxy) is 1. The van der Waals surface area contributed by atoms with Gasteiger partial charge in [0.1, 0.15) is 11.6 Å². The maximum atomic E-state index is 12.8. The molecule has 2 aliphatic heterocycles. The van der Waals surface area contributed by atoms with Crippen molar-refractivity contribution in [3.05, 3.63) is 64.3 Å². The Kier molecular flexibility index (Phi) is 12.8. The van der Waals surface area contributed by atoms with E-state index >= 15 is 0 Å². The first-order chi connectivity index (χ1) is 22.2. The summed E-state index contributed by atoms with van der Waals surface area (Å²) in [5, 5.41) is 5.35. The van der Waals surface area contributed by atoms with Gasteiger partial charge in [-0.15, -0.1) is 0 Å². The summed E-state index contributed by atoms with van der Waals surface area (Å²) in [7, 11) is 7.55. The first-order valence-corrected chi connectivity index (χ1v) is 16.5. The van der Waals surface area contributed by atoms with Crippen molar-refractivity contribution in [3.63, 3.8) is 0 Å². The van der Waals surface area contributed by atoms with E-state index in [1.165, 1.54) is 11.0 Å². The molecule has 245 valence electrons. The van der Waals surface area contributed by atoms with Gasteiger partial charge in [0.05, 0.1) is 19.0 Å². The Bertz CT molecular complexity index is 1540. The fourth-order valence-electron chi connectivity index (χ4n) is 5.84. The van der Waals surface area contributed by atoms with E-state index < -0.39 is 0 Å². The molecular formula is C35H49BN7O3. The number of methoxy groups -OCH3 is 1. The standard InChI is InChI=1S/C35H49BN7O3/c1-5-7-8-16-38-35(39-31(37)9-6-2)34-26(3)14-17-42(34)25-28-11-10-27(23-29(28)46-4)24-40-19-21-41(22-20-40)32(44)15-18-43-30(36)12-13-33(43)45/h10-14,17,23,38H,3,5-9,15-16,18-22,24-25H2,1-2,4H3,(H2,37,39)/b35-34+. The van der Waals surface area contributed by atoms with Crippen LogP contribution in [0.3, 0.4) is 0 Å². The van der Waals surface area contributed by atoms with Crippen LogP contribution in [0.25, 0.3) is 12.4 Å². The molecule has 11 heteroatoms. The third-order valence-corrected chi connectivity index (χ3v) is 8.45. The van der Waals surface area contributed by atoms with E-state index in [1.807, 2.05) is 17.2 Å². The molecule has 0 aliphatic carbocycles. The predicted molar refractivity (Wildman–Crippen MR) is 187 cm³/mol. The summed E-state index contributed by atoms with van der Waals surface area (Å²) < 4.78 is 8.02. The minimum atomic E-state index is -0.169. The summed E-state index contributed by atoms with van der Waals surface area (Å²) in [5.41, 5.74) is 8.88. The monoisotopic (exact) mass is 626 g/mol. The zero-order chi connectivity index (χ0) is 33.1. The molecule has 1 aromatic heterocycles. The molecule has 1 aromatic carbocycles. The van der Waals surface area contributed by atoms with Gasteiger partial charge in [0.15, 0.2) is 5.82 Å². The van der Waals surface area contributed by atoms with E-state index in [4.69, 9.17) is 23.0 Å². The number of nitrogens with two attached hydrogens (primary N) is 1. The number of carbonyl (C=O) groups is 2. The summed E-state index contributed by atoms with van der Waals surface area (Å²) in [5.74, 6) is 2.07. The molecule has 0 saturated carbocycles. The number of aliphatic imine (C=N–C) groups is 1. The van der Waals surface area contributed by atoms with E-state index in [1.54, 1.807) is 13.2 Å². The van der Waals surface area contributed by atoms with Crippen LogP contribution < -0.4 is 26.4 Å². The van der Waals surface area contributed by atoms with Crippen molar-refractivity contribution in [2.45, 2.75) is 65.5 Å². The third kappa shape index (κ3) is 9.22. The van der Waals surface area contributed by atoms with Gasteiger partial charge < -0.3 is 20.4 Å². The van der Waals surface area contributed by atoms with Crippen LogP contribution in [0.5, 0.6) is 5.75 Å². The van der Waals surface area contributed by atoms with Crippen LogP contribution in [0, 0.1) is 0 Å². The number of nitrogens with one attached hydrogen (secondary N) is 1. The van der Waals surface area contributed by atoms with Crippen LogP contribution in [0.15, 0.2) is 47.6 Å². The van der Waals surface area contributed by atoms with Gasteiger partial charge in [-0.3, -0.25) is 0 Å². The molecule has 3 heterocycles. The number of hydrogen-bond donors (Lipinski definition) is 2. The third-order valence-electron chi connectivity index (χ3n) is 8.45. The van der Waals surface area contributed by atoms with Crippen molar-refractivity contribution in [1.29, 1.82) is 0 Å². The number of carbonyl (C=O) groups excluding carboxylic acids is 2. The first kappa shape index (κ1) is 34.8. The van der Waals surface area contributed by atoms with Crippen molar-refractivity contribution in [3.8, 4) is 5.75 Å². The molecule has 3 N–H and O–H groups in total. The normalized spacial score (nSPS) is 16.3. The number of amides is 2. The fourth-order valence-corrected chi connectivity index (χ4v) is 5.84. The number of hydrogen-bond acceptors (Lipinski definition) is 6. The Morgan fingerprint density at radius 1 is 1.07 bits per heavy atom. The Balaban J connectivity index is 1.41. The van der Waals surface area contributed by atoms with Crippen molar-refractivity contribution < 1.29 is 14.3 Å². The topological polar surface area (TPSA) is 108 Å². The van der Waals surface area contributed by atoms with Gasteiger partial charge in [-0.2, -0.15) is 0 Å². The number of rotatable bonds is 16. The van der Waals surface area contributed by atoms with Crippen molar-refractivity contribution in [1.82, 2.24) is 24.6 Å². The molecule has 0 atom stereocenters. The zero-order valence-electron chi connectivity index (χ0n) is 27.8. The van der Waals surface area contributed by atoms with Gasteiger partial charge >= 0.3 is 125 Å². The van der Waals surface area contributed by atoms with E-state index in [9.17, 15) is 9.59 Å². The minimum absolute atomic E-state index is 0.0447. The first-order valence-electron chi connectivity index (χ1n) is 16.5. The second kappa shape index (κ2) is 17.0. The van der Waals surface area contributed by atoms with Crippen molar-refractivity contribution >= 4 is 43.1 Å². The maximum absolute atomic E-state index is 12.8. The molecule has 4 rings (SSSR count). The molecule has 10 nitrogen and oxygen atoms in total. The van der Waals surface area contributed by atoms with E-state index in [0.29, 0.717) is 37.6 Å². The average Bonchev–Trinajstić information content (AvgIpc) is 3.57. The van der Waals surface area contributed by atoms with Gasteiger partial charge in [0.25, 0.3) is 0 Å². The quantitative estimate of drug-likeness (QED) is 0.127. The molecule has 0 unspecified atom stereocenters. The molecule has 46 heavy (non-hydrogen) atoms. The second-order valence-corrected chi connectivity index (χ2v) is 12.0. The summed E-state index contributed by atoms with van der Waals surface area (Å²) in [6, 6.07) is 8.39. The molecule has 1 saturated heterocycles. The summed E-state index contributed by atoms with van der Waals surface area (Å²) in [4.78, 5) is 35.1. The Labute approximate surface area is 274 Å². The van der Waals surface area contributed by atoms with Gasteiger partial charge in [-0.25, -0.2) is 4.99 Å². The fraction of sp³-hybridized carbons (Fsp3) is 0.486. The summed E-state index contributed by atoms with van der Waals surface area (Å²) in [6.45, 7) is 13.9. The average molecular weight is 627 g/mol. The van der Waals surface area contributed by atoms with Crippen LogP contribution in [-0.4, -0.2) is 96.4 Å². The zero-order valence-corrected chi connectivity index (χ0v) is 27.8. The van der Waals surface area contributed by atoms with Crippen molar-refractivity contribution in [2.75, 3.05) is 46.4 Å². The summed E-state index contributed by atoms with van der Waals surface area (Å²) in [6.07, 6.45) is 10.3. The van der Waals surface area contributed by atoms with E-state index in [-0.39, 0.29) is 18.2 Å². The van der Waals surface area contributed by atoms with Crippen LogP contribution in [0.4, 0.5) is 0 Å². The number of unbranched alkanes of at least 4 members (excludes halogenated alkanes) is 2. The van der Waals surface area contributed by atoms with E-state index in [2.05, 4.69) is 53.4 Å². The van der Waals surface area contributed by atoms with Gasteiger partial charge in [-0.05, 0) is 24.1 Å². The van der Waals surface area contributed by atoms with Gasteiger partial charge in [0, 0.05) is 24.7 Å². The number of aromatic nitrogens is 1. The van der Waals surface area contributed by atoms with E-state index in [0.717, 1.165) is 91.5 Å². The number of amidine groups is 1. The molecule has 2 amide bonds. The summed E-state index contributed by atoms with van der Waals surface area (Å²) >= 11 is 0. The second-order valence-electron chi connectivity index (χ2n) is 12.0. The SMILES string of the molecule is [B]=C1C=CC(=O)N1CCC(=O)N1CCN(Cc2ccc(Cn3ccc(=C)/c3=C(\N=C(\N)CCC)NCCCCC)c(OC)c2)CC1. The molecule has 2 aromatic rings. The number of benzene rings is 1. The number of nitrogens with zero attached hydrogens (tertiary/aromatic N) is 5. The predicted octanol–water partition coefficient (Wildman–Crippen LogP) is 1.69. The van der Waals surface area contributed by atoms with Crippen molar-refractivity contribution in [2.24, 2.45) is 10.7 Å². The Morgan fingerprint density at radius 3 is 2.52 bits per heavy atom. The van der Waals surface area contributed by atoms with Gasteiger partial charge in [-0.1, -0.05) is 39.3 Å². The molecule has 0 spiro atoms. The van der Waals surface area contributed by atoms with Crippen LogP contribution >= 0.6 is 0 Å². The molecule has 0 bridgehead atoms.